The van der Waals surface area contributed by atoms with Gasteiger partial charge in [-0.25, -0.2) is 4.98 Å². The minimum Gasteiger partial charge on any atom is -0.392 e. The molecule has 2 aromatic heterocycles. The summed E-state index contributed by atoms with van der Waals surface area (Å²) in [6, 6.07) is 12.5. The number of pyridine rings is 1. The summed E-state index contributed by atoms with van der Waals surface area (Å²) in [5, 5.41) is 9.19. The monoisotopic (exact) mass is 280 g/mol. The number of aromatic nitrogens is 2. The van der Waals surface area contributed by atoms with E-state index in [0.717, 1.165) is 28.9 Å². The molecule has 1 atom stereocenters. The molecule has 21 heavy (non-hydrogen) atoms. The van der Waals surface area contributed by atoms with Crippen LogP contribution in [0.25, 0.3) is 16.9 Å². The quantitative estimate of drug-likeness (QED) is 0.784. The van der Waals surface area contributed by atoms with Crippen molar-refractivity contribution in [3.63, 3.8) is 0 Å². The third kappa shape index (κ3) is 2.69. The van der Waals surface area contributed by atoms with E-state index in [1.165, 1.54) is 5.56 Å². The van der Waals surface area contributed by atoms with Crippen LogP contribution in [0.5, 0.6) is 0 Å². The fourth-order valence-electron chi connectivity index (χ4n) is 2.49. The third-order valence-corrected chi connectivity index (χ3v) is 4.08. The lowest BCUT2D eigenvalue weighted by Crippen LogP contribution is -1.90. The molecule has 3 aromatic rings. The summed E-state index contributed by atoms with van der Waals surface area (Å²) in [6.45, 7) is 4.50. The maximum Gasteiger partial charge on any atom is 0.137 e. The van der Waals surface area contributed by atoms with Gasteiger partial charge in [0.05, 0.1) is 12.3 Å². The van der Waals surface area contributed by atoms with Gasteiger partial charge in [-0.2, -0.15) is 0 Å². The summed E-state index contributed by atoms with van der Waals surface area (Å²) in [6.07, 6.45) is 5.07. The van der Waals surface area contributed by atoms with Crippen LogP contribution in [0.3, 0.4) is 0 Å². The van der Waals surface area contributed by atoms with E-state index >= 15 is 0 Å². The van der Waals surface area contributed by atoms with Gasteiger partial charge in [0.1, 0.15) is 5.65 Å². The van der Waals surface area contributed by atoms with Crippen LogP contribution in [0.4, 0.5) is 0 Å². The van der Waals surface area contributed by atoms with Crippen LogP contribution in [-0.2, 0) is 6.61 Å². The van der Waals surface area contributed by atoms with Crippen LogP contribution < -0.4 is 0 Å². The van der Waals surface area contributed by atoms with Crippen molar-refractivity contribution in [1.29, 1.82) is 0 Å². The number of rotatable bonds is 4. The van der Waals surface area contributed by atoms with E-state index in [1.54, 1.807) is 0 Å². The SMILES string of the molecule is CCC(C)c1ccc(-c2cn3cc(CO)ccc3n2)cc1. The molecule has 2 heterocycles. The number of aliphatic hydroxyl groups excluding tert-OH is 1. The average molecular weight is 280 g/mol. The Morgan fingerprint density at radius 1 is 1.10 bits per heavy atom. The Morgan fingerprint density at radius 2 is 1.86 bits per heavy atom. The smallest absolute Gasteiger partial charge is 0.137 e. The minimum atomic E-state index is 0.0487. The highest BCUT2D eigenvalue weighted by atomic mass is 16.3. The molecule has 108 valence electrons. The number of benzene rings is 1. The molecule has 0 amide bonds. The van der Waals surface area contributed by atoms with Gasteiger partial charge in [0.2, 0.25) is 0 Å². The van der Waals surface area contributed by atoms with Crippen LogP contribution in [0.15, 0.2) is 48.8 Å². The van der Waals surface area contributed by atoms with Gasteiger partial charge in [0, 0.05) is 18.0 Å². The molecular weight excluding hydrogens is 260 g/mol. The highest BCUT2D eigenvalue weighted by Crippen LogP contribution is 2.24. The van der Waals surface area contributed by atoms with Crippen LogP contribution in [0, 0.1) is 0 Å². The van der Waals surface area contributed by atoms with E-state index < -0.39 is 0 Å². The Bertz CT molecular complexity index is 744. The zero-order valence-corrected chi connectivity index (χ0v) is 12.5. The molecule has 1 aromatic carbocycles. The lowest BCUT2D eigenvalue weighted by atomic mass is 9.97. The first kappa shape index (κ1) is 13.8. The van der Waals surface area contributed by atoms with Crippen LogP contribution in [0.2, 0.25) is 0 Å². The van der Waals surface area contributed by atoms with Gasteiger partial charge in [0.15, 0.2) is 0 Å². The number of nitrogens with zero attached hydrogens (tertiary/aromatic N) is 2. The second-order valence-electron chi connectivity index (χ2n) is 5.52. The van der Waals surface area contributed by atoms with Crippen molar-refractivity contribution in [2.24, 2.45) is 0 Å². The summed E-state index contributed by atoms with van der Waals surface area (Å²) < 4.78 is 1.96. The zero-order chi connectivity index (χ0) is 14.8. The molecule has 3 nitrogen and oxygen atoms in total. The maximum atomic E-state index is 9.19. The normalized spacial score (nSPS) is 12.7. The van der Waals surface area contributed by atoms with Crippen molar-refractivity contribution in [2.75, 3.05) is 0 Å². The summed E-state index contributed by atoms with van der Waals surface area (Å²) in [7, 11) is 0. The Morgan fingerprint density at radius 3 is 2.52 bits per heavy atom. The number of fused-ring (bicyclic) bond motifs is 1. The molecule has 0 saturated carbocycles. The van der Waals surface area contributed by atoms with Crippen molar-refractivity contribution in [2.45, 2.75) is 32.8 Å². The molecule has 1 N–H and O–H groups in total. The van der Waals surface area contributed by atoms with Crippen LogP contribution >= 0.6 is 0 Å². The van der Waals surface area contributed by atoms with Gasteiger partial charge in [-0.3, -0.25) is 0 Å². The average Bonchev–Trinajstić information content (AvgIpc) is 2.97. The molecule has 3 heteroatoms. The van der Waals surface area contributed by atoms with E-state index in [0.29, 0.717) is 5.92 Å². The first-order valence-electron chi connectivity index (χ1n) is 7.40. The fraction of sp³-hybridized carbons (Fsp3) is 0.278. The Balaban J connectivity index is 1.96. The minimum absolute atomic E-state index is 0.0487. The first-order valence-corrected chi connectivity index (χ1v) is 7.40. The standard InChI is InChI=1S/C18H20N2O/c1-3-13(2)15-5-7-16(8-6-15)17-11-20-10-14(12-21)4-9-18(20)19-17/h4-11,13,21H,3,12H2,1-2H3. The molecule has 0 fully saturated rings. The van der Waals surface area contributed by atoms with Gasteiger partial charge in [-0.15, -0.1) is 0 Å². The third-order valence-electron chi connectivity index (χ3n) is 4.08. The fourth-order valence-corrected chi connectivity index (χ4v) is 2.49. The van der Waals surface area contributed by atoms with E-state index in [2.05, 4.69) is 43.1 Å². The summed E-state index contributed by atoms with van der Waals surface area (Å²) in [5.74, 6) is 0.590. The van der Waals surface area contributed by atoms with Crippen LogP contribution in [-0.4, -0.2) is 14.5 Å². The van der Waals surface area contributed by atoms with E-state index in [1.807, 2.05) is 28.9 Å². The molecule has 0 saturated heterocycles. The maximum absolute atomic E-state index is 9.19. The van der Waals surface area contributed by atoms with Gasteiger partial charge < -0.3 is 9.51 Å². The molecule has 0 aliphatic heterocycles. The number of aliphatic hydroxyl groups is 1. The highest BCUT2D eigenvalue weighted by Gasteiger charge is 2.07. The number of hydrogen-bond acceptors (Lipinski definition) is 2. The van der Waals surface area contributed by atoms with Gasteiger partial charge in [-0.05, 0) is 29.5 Å². The number of imidazole rings is 1. The largest absolute Gasteiger partial charge is 0.392 e. The van der Waals surface area contributed by atoms with Crippen molar-refractivity contribution in [3.05, 3.63) is 59.9 Å². The predicted octanol–water partition coefficient (Wildman–Crippen LogP) is 4.01. The van der Waals surface area contributed by atoms with E-state index in [-0.39, 0.29) is 6.61 Å². The van der Waals surface area contributed by atoms with Gasteiger partial charge in [-0.1, -0.05) is 44.2 Å². The van der Waals surface area contributed by atoms with E-state index in [9.17, 15) is 5.11 Å². The van der Waals surface area contributed by atoms with Crippen molar-refractivity contribution >= 4 is 5.65 Å². The van der Waals surface area contributed by atoms with Crippen LogP contribution in [0.1, 0.15) is 37.3 Å². The second-order valence-corrected chi connectivity index (χ2v) is 5.52. The van der Waals surface area contributed by atoms with Crippen molar-refractivity contribution < 1.29 is 5.11 Å². The molecule has 0 aliphatic carbocycles. The Labute approximate surface area is 124 Å². The molecule has 0 bridgehead atoms. The summed E-state index contributed by atoms with van der Waals surface area (Å²) >= 11 is 0. The van der Waals surface area contributed by atoms with Crippen molar-refractivity contribution in [3.8, 4) is 11.3 Å². The lowest BCUT2D eigenvalue weighted by Gasteiger charge is -2.08. The topological polar surface area (TPSA) is 37.5 Å². The zero-order valence-electron chi connectivity index (χ0n) is 12.5. The molecule has 0 radical (unpaired) electrons. The Hall–Kier alpha value is -2.13. The molecular formula is C18H20N2O. The highest BCUT2D eigenvalue weighted by molar-refractivity contribution is 5.63. The predicted molar refractivity (Wildman–Crippen MR) is 85.3 cm³/mol. The summed E-state index contributed by atoms with van der Waals surface area (Å²) in [4.78, 5) is 4.63. The van der Waals surface area contributed by atoms with Gasteiger partial charge in [0.25, 0.3) is 0 Å². The second kappa shape index (κ2) is 5.70. The summed E-state index contributed by atoms with van der Waals surface area (Å²) in [5.41, 5.74) is 5.23. The number of hydrogen-bond donors (Lipinski definition) is 1. The lowest BCUT2D eigenvalue weighted by molar-refractivity contribution is 0.281. The first-order chi connectivity index (χ1) is 10.2. The Kier molecular flexibility index (Phi) is 3.76. The van der Waals surface area contributed by atoms with Gasteiger partial charge >= 0.3 is 0 Å². The van der Waals surface area contributed by atoms with E-state index in [4.69, 9.17) is 0 Å². The molecule has 0 aliphatic rings. The molecule has 3 rings (SSSR count). The molecule has 1 unspecified atom stereocenters. The molecule has 0 spiro atoms. The van der Waals surface area contributed by atoms with Crippen molar-refractivity contribution in [1.82, 2.24) is 9.38 Å².